The Balaban J connectivity index is 1.63. The molecule has 2 bridgehead atoms. The number of piperidine rings is 3. The van der Waals surface area contributed by atoms with Crippen LogP contribution in [0.25, 0.3) is 0 Å². The van der Waals surface area contributed by atoms with Crippen molar-refractivity contribution in [1.29, 1.82) is 0 Å². The van der Waals surface area contributed by atoms with Gasteiger partial charge in [-0.15, -0.1) is 0 Å². The third-order valence-corrected chi connectivity index (χ3v) is 6.51. The highest BCUT2D eigenvalue weighted by atomic mass is 32.2. The van der Waals surface area contributed by atoms with E-state index in [1.165, 1.54) is 0 Å². The van der Waals surface area contributed by atoms with Crippen molar-refractivity contribution in [3.63, 3.8) is 0 Å². The zero-order valence-electron chi connectivity index (χ0n) is 15.1. The van der Waals surface area contributed by atoms with Gasteiger partial charge < -0.3 is 9.80 Å². The van der Waals surface area contributed by atoms with Crippen LogP contribution in [-0.4, -0.2) is 31.0 Å². The molecular weight excluding hydrogens is 300 g/mol. The zero-order chi connectivity index (χ0) is 17.0. The van der Waals surface area contributed by atoms with Gasteiger partial charge in [0.05, 0.1) is 14.1 Å². The molecule has 23 heavy (non-hydrogen) atoms. The van der Waals surface area contributed by atoms with Crippen LogP contribution in [0.3, 0.4) is 0 Å². The number of hydrogen-bond acceptors (Lipinski definition) is 3. The molecule has 2 aromatic rings. The number of para-hydroxylation sites is 2. The van der Waals surface area contributed by atoms with Crippen LogP contribution in [0.2, 0.25) is 0 Å². The highest BCUT2D eigenvalue weighted by Crippen LogP contribution is 2.48. The number of rotatable bonds is 2. The minimum absolute atomic E-state index is 0.0548. The summed E-state index contributed by atoms with van der Waals surface area (Å²) in [6, 6.07) is 16.5. The predicted octanol–water partition coefficient (Wildman–Crippen LogP) is 4.63. The Hall–Kier alpha value is -1.45. The van der Waals surface area contributed by atoms with Crippen molar-refractivity contribution in [2.24, 2.45) is 11.8 Å². The van der Waals surface area contributed by atoms with Gasteiger partial charge in [0.2, 0.25) is 0 Å². The summed E-state index contributed by atoms with van der Waals surface area (Å²) in [6.45, 7) is 1.77. The maximum Gasteiger partial charge on any atom is 0.0552 e. The second-order valence-electron chi connectivity index (χ2n) is 6.75. The van der Waals surface area contributed by atoms with Gasteiger partial charge in [0.15, 0.2) is 0 Å². The second-order valence-corrected chi connectivity index (χ2v) is 7.83. The monoisotopic (exact) mass is 324 g/mol. The fourth-order valence-electron chi connectivity index (χ4n) is 4.12. The van der Waals surface area contributed by atoms with Crippen LogP contribution in [0.4, 0.5) is 11.4 Å². The highest BCUT2D eigenvalue weighted by Gasteiger charge is 2.36. The van der Waals surface area contributed by atoms with E-state index >= 15 is 0 Å². The van der Waals surface area contributed by atoms with E-state index in [2.05, 4.69) is 29.2 Å². The van der Waals surface area contributed by atoms with Gasteiger partial charge in [-0.1, -0.05) is 36.0 Å². The molecule has 4 heterocycles. The molecule has 3 heteroatoms. The molecule has 1 unspecified atom stereocenters. The van der Waals surface area contributed by atoms with Crippen molar-refractivity contribution in [1.82, 2.24) is 4.90 Å². The van der Waals surface area contributed by atoms with Crippen LogP contribution in [0.5, 0.6) is 0 Å². The van der Waals surface area contributed by atoms with Crippen molar-refractivity contribution in [3.05, 3.63) is 48.5 Å². The third-order valence-electron chi connectivity index (χ3n) is 5.38. The van der Waals surface area contributed by atoms with Gasteiger partial charge in [-0.25, -0.2) is 0 Å². The third kappa shape index (κ3) is 2.38. The van der Waals surface area contributed by atoms with Gasteiger partial charge in [-0.05, 0) is 62.0 Å². The summed E-state index contributed by atoms with van der Waals surface area (Å²) in [5.41, 5.74) is 2.01. The number of hydrogen-bond donors (Lipinski definition) is 0. The molecular formula is C20H22N2S. The summed E-state index contributed by atoms with van der Waals surface area (Å²) in [7, 11) is 0. The SMILES string of the molecule is [2H]C([2H])(C1CN2CCC1CC2)N1c2ccccc2Sc2ccccc21. The smallest absolute Gasteiger partial charge is 0.0552 e. The molecule has 0 saturated carbocycles. The molecule has 3 fully saturated rings. The number of fused-ring (bicyclic) bond motifs is 5. The Kier molecular flexibility index (Phi) is 2.90. The van der Waals surface area contributed by atoms with Crippen molar-refractivity contribution >= 4 is 23.1 Å². The van der Waals surface area contributed by atoms with Crippen LogP contribution in [-0.2, 0) is 0 Å². The van der Waals surface area contributed by atoms with Crippen molar-refractivity contribution in [2.45, 2.75) is 22.6 Å². The van der Waals surface area contributed by atoms with Gasteiger partial charge >= 0.3 is 0 Å². The van der Waals surface area contributed by atoms with E-state index in [1.807, 2.05) is 29.2 Å². The molecule has 0 aromatic heterocycles. The van der Waals surface area contributed by atoms with Crippen molar-refractivity contribution in [3.8, 4) is 0 Å². The standard InChI is InChI=1S/C20H22N2S/c1-3-7-19-17(5-1)22(18-6-2-4-8-20(18)23-19)14-16-13-21-11-9-15(16)10-12-21/h1-8,15-16H,9-14H2/i14D2. The van der Waals surface area contributed by atoms with Crippen LogP contribution in [0.1, 0.15) is 15.6 Å². The van der Waals surface area contributed by atoms with Crippen LogP contribution < -0.4 is 4.90 Å². The molecule has 4 aliphatic rings. The molecule has 3 saturated heterocycles. The summed E-state index contributed by atoms with van der Waals surface area (Å²) in [5, 5.41) is 0. The molecule has 1 atom stereocenters. The van der Waals surface area contributed by atoms with E-state index in [0.717, 1.165) is 53.6 Å². The second kappa shape index (κ2) is 5.57. The van der Waals surface area contributed by atoms with Crippen molar-refractivity contribution in [2.75, 3.05) is 31.0 Å². The first-order valence-corrected chi connectivity index (χ1v) is 9.35. The van der Waals surface area contributed by atoms with E-state index in [1.54, 1.807) is 11.8 Å². The van der Waals surface area contributed by atoms with E-state index in [9.17, 15) is 2.74 Å². The Labute approximate surface area is 145 Å². The number of nitrogens with zero attached hydrogens (tertiary/aromatic N) is 2. The van der Waals surface area contributed by atoms with Gasteiger partial charge in [0, 0.05) is 22.8 Å². The lowest BCUT2D eigenvalue weighted by Crippen LogP contribution is -2.50. The van der Waals surface area contributed by atoms with E-state index < -0.39 is 6.50 Å². The quantitative estimate of drug-likeness (QED) is 0.795. The van der Waals surface area contributed by atoms with Crippen LogP contribution in [0.15, 0.2) is 58.3 Å². The van der Waals surface area contributed by atoms with E-state index in [0.29, 0.717) is 5.92 Å². The Morgan fingerprint density at radius 3 is 2.13 bits per heavy atom. The minimum Gasteiger partial charge on any atom is -0.339 e. The fraction of sp³-hybridized carbons (Fsp3) is 0.400. The van der Waals surface area contributed by atoms with E-state index in [4.69, 9.17) is 0 Å². The average molecular weight is 324 g/mol. The Morgan fingerprint density at radius 1 is 0.957 bits per heavy atom. The Bertz CT molecular complexity index is 756. The molecule has 0 aliphatic carbocycles. The van der Waals surface area contributed by atoms with Crippen molar-refractivity contribution < 1.29 is 2.74 Å². The maximum absolute atomic E-state index is 9.19. The molecule has 0 spiro atoms. The highest BCUT2D eigenvalue weighted by molar-refractivity contribution is 7.99. The van der Waals surface area contributed by atoms with Crippen LogP contribution in [0, 0.1) is 11.8 Å². The minimum atomic E-state index is -1.39. The summed E-state index contributed by atoms with van der Waals surface area (Å²) in [5.74, 6) is 0.549. The maximum atomic E-state index is 9.19. The molecule has 0 radical (unpaired) electrons. The normalized spacial score (nSPS) is 30.3. The summed E-state index contributed by atoms with van der Waals surface area (Å²) >= 11 is 1.75. The first kappa shape index (κ1) is 12.0. The van der Waals surface area contributed by atoms with Gasteiger partial charge in [0.1, 0.15) is 0 Å². The first-order valence-electron chi connectivity index (χ1n) is 9.53. The topological polar surface area (TPSA) is 6.48 Å². The molecule has 6 rings (SSSR count). The van der Waals surface area contributed by atoms with Gasteiger partial charge in [-0.3, -0.25) is 0 Å². The van der Waals surface area contributed by atoms with Gasteiger partial charge in [-0.2, -0.15) is 0 Å². The molecule has 0 N–H and O–H groups in total. The lowest BCUT2D eigenvalue weighted by atomic mass is 9.78. The predicted molar refractivity (Wildman–Crippen MR) is 96.7 cm³/mol. The molecule has 2 aromatic carbocycles. The molecule has 4 aliphatic heterocycles. The molecule has 0 amide bonds. The molecule has 118 valence electrons. The average Bonchev–Trinajstić information content (AvgIpc) is 2.66. The Morgan fingerprint density at radius 2 is 1.57 bits per heavy atom. The number of anilines is 2. The zero-order valence-corrected chi connectivity index (χ0v) is 13.9. The molecule has 2 nitrogen and oxygen atoms in total. The largest absolute Gasteiger partial charge is 0.339 e. The summed E-state index contributed by atoms with van der Waals surface area (Å²) in [6.07, 6.45) is 2.27. The van der Waals surface area contributed by atoms with E-state index in [-0.39, 0.29) is 5.92 Å². The number of benzene rings is 2. The lowest BCUT2D eigenvalue weighted by Gasteiger charge is -2.47. The lowest BCUT2D eigenvalue weighted by molar-refractivity contribution is 0.0553. The summed E-state index contributed by atoms with van der Waals surface area (Å²) < 4.78 is 18.4. The van der Waals surface area contributed by atoms with Gasteiger partial charge in [0.25, 0.3) is 0 Å². The fourth-order valence-corrected chi connectivity index (χ4v) is 5.18. The summed E-state index contributed by atoms with van der Waals surface area (Å²) in [4.78, 5) is 6.72. The first-order chi connectivity index (χ1) is 12.1. The van der Waals surface area contributed by atoms with Crippen LogP contribution >= 0.6 is 11.8 Å².